The van der Waals surface area contributed by atoms with Crippen molar-refractivity contribution in [2.24, 2.45) is 0 Å². The fraction of sp³-hybridized carbons (Fsp3) is 0.423. The molecule has 1 amide bonds. The monoisotopic (exact) mass is 456 g/mol. The minimum atomic E-state index is -0.0337. The molecule has 0 fully saturated rings. The van der Waals surface area contributed by atoms with Crippen molar-refractivity contribution in [1.29, 1.82) is 0 Å². The van der Waals surface area contributed by atoms with Crippen LogP contribution in [0.2, 0.25) is 0 Å². The second-order valence-electron chi connectivity index (χ2n) is 7.31. The summed E-state index contributed by atoms with van der Waals surface area (Å²) in [7, 11) is 4.76. The molecule has 33 heavy (non-hydrogen) atoms. The van der Waals surface area contributed by atoms with E-state index < -0.39 is 0 Å². The van der Waals surface area contributed by atoms with Crippen molar-refractivity contribution in [3.8, 4) is 23.0 Å². The van der Waals surface area contributed by atoms with Crippen molar-refractivity contribution in [3.05, 3.63) is 41.5 Å². The third kappa shape index (κ3) is 7.43. The molecule has 0 atom stereocenters. The van der Waals surface area contributed by atoms with Gasteiger partial charge in [0, 0.05) is 13.0 Å². The molecule has 180 valence electrons. The maximum Gasteiger partial charge on any atom is 0.225 e. The SMILES string of the molecule is CCOc1ccc(/C=C\c2cc(OC)c(OC)c(OC)c2)cc1NC(=O)CCN(CC)CC. The summed E-state index contributed by atoms with van der Waals surface area (Å²) in [5.74, 6) is 2.34. The van der Waals surface area contributed by atoms with E-state index in [2.05, 4.69) is 24.1 Å². The van der Waals surface area contributed by atoms with E-state index in [4.69, 9.17) is 18.9 Å². The van der Waals surface area contributed by atoms with Gasteiger partial charge in [-0.1, -0.05) is 32.1 Å². The molecule has 0 spiro atoms. The largest absolute Gasteiger partial charge is 0.493 e. The van der Waals surface area contributed by atoms with Crippen LogP contribution in [0.1, 0.15) is 38.3 Å². The van der Waals surface area contributed by atoms with E-state index in [-0.39, 0.29) is 5.91 Å². The van der Waals surface area contributed by atoms with Crippen LogP contribution in [0.25, 0.3) is 12.2 Å². The molecule has 7 nitrogen and oxygen atoms in total. The number of methoxy groups -OCH3 is 3. The molecule has 0 saturated heterocycles. The topological polar surface area (TPSA) is 69.3 Å². The lowest BCUT2D eigenvalue weighted by Crippen LogP contribution is -2.27. The molecule has 0 aromatic heterocycles. The number of hydrogen-bond acceptors (Lipinski definition) is 6. The second-order valence-corrected chi connectivity index (χ2v) is 7.31. The molecule has 0 saturated carbocycles. The lowest BCUT2D eigenvalue weighted by atomic mass is 10.1. The fourth-order valence-electron chi connectivity index (χ4n) is 3.43. The van der Waals surface area contributed by atoms with Crippen molar-refractivity contribution in [2.75, 3.05) is 52.9 Å². The van der Waals surface area contributed by atoms with Crippen LogP contribution in [0.3, 0.4) is 0 Å². The van der Waals surface area contributed by atoms with E-state index >= 15 is 0 Å². The Balaban J connectivity index is 2.24. The van der Waals surface area contributed by atoms with E-state index in [0.717, 1.165) is 30.8 Å². The zero-order chi connectivity index (χ0) is 24.2. The predicted molar refractivity (Wildman–Crippen MR) is 134 cm³/mol. The number of benzene rings is 2. The van der Waals surface area contributed by atoms with Crippen molar-refractivity contribution in [2.45, 2.75) is 27.2 Å². The van der Waals surface area contributed by atoms with Gasteiger partial charge in [-0.25, -0.2) is 0 Å². The molecule has 2 aromatic carbocycles. The smallest absolute Gasteiger partial charge is 0.225 e. The van der Waals surface area contributed by atoms with Crippen LogP contribution in [0.15, 0.2) is 30.3 Å². The number of carbonyl (C=O) groups is 1. The van der Waals surface area contributed by atoms with Crippen LogP contribution in [0.5, 0.6) is 23.0 Å². The zero-order valence-corrected chi connectivity index (χ0v) is 20.6. The van der Waals surface area contributed by atoms with Crippen molar-refractivity contribution in [1.82, 2.24) is 4.90 Å². The van der Waals surface area contributed by atoms with Crippen LogP contribution in [0.4, 0.5) is 5.69 Å². The van der Waals surface area contributed by atoms with Crippen LogP contribution in [0, 0.1) is 0 Å². The highest BCUT2D eigenvalue weighted by molar-refractivity contribution is 5.93. The molecule has 0 aliphatic heterocycles. The average Bonchev–Trinajstić information content (AvgIpc) is 2.84. The molecular weight excluding hydrogens is 420 g/mol. The fourth-order valence-corrected chi connectivity index (χ4v) is 3.43. The highest BCUT2D eigenvalue weighted by atomic mass is 16.5. The van der Waals surface area contributed by atoms with Crippen molar-refractivity contribution < 1.29 is 23.7 Å². The number of nitrogens with one attached hydrogen (secondary N) is 1. The third-order valence-corrected chi connectivity index (χ3v) is 5.28. The van der Waals surface area contributed by atoms with E-state index in [1.165, 1.54) is 0 Å². The van der Waals surface area contributed by atoms with Gasteiger partial charge >= 0.3 is 0 Å². The Bertz CT molecular complexity index is 913. The molecule has 2 rings (SSSR count). The van der Waals surface area contributed by atoms with Crippen LogP contribution >= 0.6 is 0 Å². The summed E-state index contributed by atoms with van der Waals surface area (Å²) in [4.78, 5) is 14.8. The highest BCUT2D eigenvalue weighted by Gasteiger charge is 2.13. The van der Waals surface area contributed by atoms with Gasteiger partial charge in [0.2, 0.25) is 11.7 Å². The molecule has 0 aliphatic rings. The number of ether oxygens (including phenoxy) is 4. The van der Waals surface area contributed by atoms with Crippen molar-refractivity contribution >= 4 is 23.7 Å². The van der Waals surface area contributed by atoms with Gasteiger partial charge in [0.25, 0.3) is 0 Å². The molecule has 0 aliphatic carbocycles. The molecule has 0 bridgehead atoms. The number of anilines is 1. The summed E-state index contributed by atoms with van der Waals surface area (Å²) in [5, 5.41) is 3.01. The molecular formula is C26H36N2O5. The number of hydrogen-bond donors (Lipinski definition) is 1. The van der Waals surface area contributed by atoms with Gasteiger partial charge in [-0.05, 0) is 55.4 Å². The maximum atomic E-state index is 12.5. The minimum Gasteiger partial charge on any atom is -0.493 e. The lowest BCUT2D eigenvalue weighted by Gasteiger charge is -2.18. The van der Waals surface area contributed by atoms with Gasteiger partial charge < -0.3 is 29.2 Å². The summed E-state index contributed by atoms with van der Waals surface area (Å²) in [5.41, 5.74) is 2.47. The van der Waals surface area contributed by atoms with E-state index in [1.54, 1.807) is 21.3 Å². The van der Waals surface area contributed by atoms with E-state index in [9.17, 15) is 4.79 Å². The first-order valence-corrected chi connectivity index (χ1v) is 11.3. The normalized spacial score (nSPS) is 11.0. The summed E-state index contributed by atoms with van der Waals surface area (Å²) in [6.45, 7) is 9.21. The van der Waals surface area contributed by atoms with E-state index in [0.29, 0.717) is 41.7 Å². The Morgan fingerprint density at radius 2 is 1.52 bits per heavy atom. The number of carbonyl (C=O) groups excluding carboxylic acids is 1. The van der Waals surface area contributed by atoms with Crippen molar-refractivity contribution in [3.63, 3.8) is 0 Å². The lowest BCUT2D eigenvalue weighted by molar-refractivity contribution is -0.116. The maximum absolute atomic E-state index is 12.5. The van der Waals surface area contributed by atoms with Crippen LogP contribution in [-0.2, 0) is 4.79 Å². The first-order valence-electron chi connectivity index (χ1n) is 11.3. The van der Waals surface area contributed by atoms with Crippen LogP contribution in [-0.4, -0.2) is 58.4 Å². The molecule has 7 heteroatoms. The first-order chi connectivity index (χ1) is 16.0. The standard InChI is InChI=1S/C26H36N2O5/c1-7-28(8-2)15-14-25(29)27-21-16-19(12-13-22(21)33-9-3)10-11-20-17-23(30-4)26(32-6)24(18-20)31-5/h10-13,16-18H,7-9,14-15H2,1-6H3,(H,27,29)/b11-10-. The summed E-state index contributed by atoms with van der Waals surface area (Å²) in [6, 6.07) is 9.49. The van der Waals surface area contributed by atoms with Gasteiger partial charge in [-0.15, -0.1) is 0 Å². The Morgan fingerprint density at radius 1 is 0.879 bits per heavy atom. The highest BCUT2D eigenvalue weighted by Crippen LogP contribution is 2.38. The Morgan fingerprint density at radius 3 is 2.06 bits per heavy atom. The summed E-state index contributed by atoms with van der Waals surface area (Å²) in [6.07, 6.45) is 4.34. The number of rotatable bonds is 13. The number of nitrogens with zero attached hydrogens (tertiary/aromatic N) is 1. The summed E-state index contributed by atoms with van der Waals surface area (Å²) >= 11 is 0. The summed E-state index contributed by atoms with van der Waals surface area (Å²) < 4.78 is 21.9. The van der Waals surface area contributed by atoms with Gasteiger partial charge in [0.05, 0.1) is 33.6 Å². The van der Waals surface area contributed by atoms with Gasteiger partial charge in [0.1, 0.15) is 5.75 Å². The van der Waals surface area contributed by atoms with Gasteiger partial charge in [-0.2, -0.15) is 0 Å². The Kier molecular flexibility index (Phi) is 10.6. The molecule has 0 radical (unpaired) electrons. The van der Waals surface area contributed by atoms with Gasteiger partial charge in [0.15, 0.2) is 11.5 Å². The number of amides is 1. The molecule has 0 heterocycles. The molecule has 0 unspecified atom stereocenters. The van der Waals surface area contributed by atoms with E-state index in [1.807, 2.05) is 49.4 Å². The van der Waals surface area contributed by atoms with Crippen LogP contribution < -0.4 is 24.3 Å². The van der Waals surface area contributed by atoms with Gasteiger partial charge in [-0.3, -0.25) is 4.79 Å². The minimum absolute atomic E-state index is 0.0337. The average molecular weight is 457 g/mol. The Labute approximate surface area is 197 Å². The Hall–Kier alpha value is -3.19. The first kappa shape index (κ1) is 26.1. The molecule has 1 N–H and O–H groups in total. The predicted octanol–water partition coefficient (Wildman–Crippen LogP) is 4.95. The quantitative estimate of drug-likeness (QED) is 0.430. The molecule has 2 aromatic rings. The zero-order valence-electron chi connectivity index (χ0n) is 20.6. The second kappa shape index (κ2) is 13.4. The third-order valence-electron chi connectivity index (χ3n) is 5.28.